The van der Waals surface area contributed by atoms with Gasteiger partial charge in [-0.2, -0.15) is 0 Å². The van der Waals surface area contributed by atoms with Gasteiger partial charge in [-0.15, -0.1) is 0 Å². The molecule has 18 heavy (non-hydrogen) atoms. The van der Waals surface area contributed by atoms with Crippen LogP contribution in [0.1, 0.15) is 20.7 Å². The van der Waals surface area contributed by atoms with Gasteiger partial charge in [-0.25, -0.2) is 0 Å². The molecule has 98 valence electrons. The third-order valence-corrected chi connectivity index (χ3v) is 2.27. The minimum absolute atomic E-state index is 0.200. The zero-order valence-electron chi connectivity index (χ0n) is 10.1. The van der Waals surface area contributed by atoms with E-state index in [2.05, 4.69) is 10.6 Å². The van der Waals surface area contributed by atoms with Crippen molar-refractivity contribution in [2.75, 3.05) is 26.2 Å². The number of nitrogens with two attached hydrogens (primary N) is 2. The van der Waals surface area contributed by atoms with Gasteiger partial charge in [0.05, 0.1) is 0 Å². The van der Waals surface area contributed by atoms with Gasteiger partial charge < -0.3 is 22.1 Å². The molecule has 0 heterocycles. The number of hydrogen-bond donors (Lipinski definition) is 4. The Morgan fingerprint density at radius 1 is 0.833 bits per heavy atom. The van der Waals surface area contributed by atoms with Crippen LogP contribution in [0.25, 0.3) is 0 Å². The van der Waals surface area contributed by atoms with E-state index in [1.165, 1.54) is 0 Å². The summed E-state index contributed by atoms with van der Waals surface area (Å²) in [5.41, 5.74) is 11.6. The summed E-state index contributed by atoms with van der Waals surface area (Å²) < 4.78 is 0. The highest BCUT2D eigenvalue weighted by molar-refractivity contribution is 5.97. The van der Waals surface area contributed by atoms with E-state index in [0.717, 1.165) is 0 Å². The molecule has 0 aliphatic heterocycles. The van der Waals surface area contributed by atoms with Crippen LogP contribution in [-0.4, -0.2) is 38.0 Å². The molecule has 0 unspecified atom stereocenters. The van der Waals surface area contributed by atoms with Crippen molar-refractivity contribution in [3.8, 4) is 0 Å². The fourth-order valence-corrected chi connectivity index (χ4v) is 1.35. The molecule has 0 atom stereocenters. The molecule has 0 aromatic heterocycles. The summed E-state index contributed by atoms with van der Waals surface area (Å²) in [4.78, 5) is 23.1. The Balaban J connectivity index is 2.62. The Hall–Kier alpha value is -1.92. The van der Waals surface area contributed by atoms with E-state index in [-0.39, 0.29) is 11.8 Å². The van der Waals surface area contributed by atoms with Gasteiger partial charge in [-0.3, -0.25) is 9.59 Å². The summed E-state index contributed by atoms with van der Waals surface area (Å²) in [6.45, 7) is 1.64. The molecule has 1 aromatic rings. The Morgan fingerprint density at radius 3 is 1.44 bits per heavy atom. The number of nitrogens with one attached hydrogen (secondary N) is 2. The highest BCUT2D eigenvalue weighted by atomic mass is 16.2. The van der Waals surface area contributed by atoms with E-state index in [4.69, 9.17) is 11.5 Å². The van der Waals surface area contributed by atoms with Gasteiger partial charge in [0.25, 0.3) is 11.8 Å². The lowest BCUT2D eigenvalue weighted by atomic mass is 10.1. The van der Waals surface area contributed by atoms with Crippen LogP contribution in [0.4, 0.5) is 0 Å². The van der Waals surface area contributed by atoms with Crippen molar-refractivity contribution < 1.29 is 9.59 Å². The molecule has 2 amide bonds. The van der Waals surface area contributed by atoms with Gasteiger partial charge in [0, 0.05) is 37.3 Å². The van der Waals surface area contributed by atoms with Gasteiger partial charge in [0.15, 0.2) is 0 Å². The summed E-state index contributed by atoms with van der Waals surface area (Å²) >= 11 is 0. The number of benzene rings is 1. The van der Waals surface area contributed by atoms with Crippen molar-refractivity contribution >= 4 is 11.8 Å². The zero-order valence-corrected chi connectivity index (χ0v) is 10.1. The summed E-state index contributed by atoms with van der Waals surface area (Å²) in [7, 11) is 0. The molecule has 6 N–H and O–H groups in total. The second kappa shape index (κ2) is 7.41. The van der Waals surface area contributed by atoms with Crippen LogP contribution in [0.5, 0.6) is 0 Å². The highest BCUT2D eigenvalue weighted by Gasteiger charge is 2.07. The maximum absolute atomic E-state index is 11.6. The SMILES string of the molecule is NCCNC(=O)c1ccc(C(=O)NCCN)cc1. The molecule has 6 nitrogen and oxygen atoms in total. The predicted octanol–water partition coefficient (Wildman–Crippen LogP) is -0.936. The first kappa shape index (κ1) is 14.1. The summed E-state index contributed by atoms with van der Waals surface area (Å²) in [6.07, 6.45) is 0. The summed E-state index contributed by atoms with van der Waals surface area (Å²) in [5.74, 6) is -0.399. The lowest BCUT2D eigenvalue weighted by molar-refractivity contribution is 0.0943. The third-order valence-electron chi connectivity index (χ3n) is 2.27. The Morgan fingerprint density at radius 2 is 1.17 bits per heavy atom. The molecule has 0 fully saturated rings. The first-order chi connectivity index (χ1) is 8.69. The second-order valence-electron chi connectivity index (χ2n) is 3.67. The van der Waals surface area contributed by atoms with Crippen LogP contribution in [0, 0.1) is 0 Å². The van der Waals surface area contributed by atoms with E-state index in [0.29, 0.717) is 37.3 Å². The van der Waals surface area contributed by atoms with Crippen molar-refractivity contribution in [1.29, 1.82) is 0 Å². The van der Waals surface area contributed by atoms with Crippen LogP contribution in [-0.2, 0) is 0 Å². The maximum Gasteiger partial charge on any atom is 0.251 e. The smallest absolute Gasteiger partial charge is 0.251 e. The van der Waals surface area contributed by atoms with E-state index in [1.54, 1.807) is 24.3 Å². The first-order valence-corrected chi connectivity index (χ1v) is 5.75. The molecule has 6 heteroatoms. The molecule has 0 spiro atoms. The summed E-state index contributed by atoms with van der Waals surface area (Å²) in [5, 5.41) is 5.30. The van der Waals surface area contributed by atoms with Crippen LogP contribution in [0.15, 0.2) is 24.3 Å². The van der Waals surface area contributed by atoms with Gasteiger partial charge in [0.1, 0.15) is 0 Å². The molecule has 0 radical (unpaired) electrons. The van der Waals surface area contributed by atoms with Crippen LogP contribution >= 0.6 is 0 Å². The number of carbonyl (C=O) groups is 2. The quantitative estimate of drug-likeness (QED) is 0.522. The number of rotatable bonds is 6. The van der Waals surface area contributed by atoms with Crippen molar-refractivity contribution in [3.05, 3.63) is 35.4 Å². The van der Waals surface area contributed by atoms with E-state index in [9.17, 15) is 9.59 Å². The lowest BCUT2D eigenvalue weighted by Gasteiger charge is -2.05. The molecule has 0 saturated carbocycles. The normalized spacial score (nSPS) is 9.89. The van der Waals surface area contributed by atoms with Gasteiger partial charge in [-0.1, -0.05) is 0 Å². The Kier molecular flexibility index (Phi) is 5.83. The average molecular weight is 250 g/mol. The predicted molar refractivity (Wildman–Crippen MR) is 69.2 cm³/mol. The van der Waals surface area contributed by atoms with Crippen molar-refractivity contribution in [2.24, 2.45) is 11.5 Å². The Bertz CT molecular complexity index is 364. The minimum Gasteiger partial charge on any atom is -0.351 e. The average Bonchev–Trinajstić information content (AvgIpc) is 2.42. The van der Waals surface area contributed by atoms with Crippen LogP contribution < -0.4 is 22.1 Å². The van der Waals surface area contributed by atoms with Crippen molar-refractivity contribution in [2.45, 2.75) is 0 Å². The molecule has 1 aromatic carbocycles. The molecule has 0 bridgehead atoms. The molecule has 0 aliphatic carbocycles. The second-order valence-corrected chi connectivity index (χ2v) is 3.67. The first-order valence-electron chi connectivity index (χ1n) is 5.75. The van der Waals surface area contributed by atoms with E-state index in [1.807, 2.05) is 0 Å². The minimum atomic E-state index is -0.200. The van der Waals surface area contributed by atoms with Gasteiger partial charge in [0.2, 0.25) is 0 Å². The summed E-state index contributed by atoms with van der Waals surface area (Å²) in [6, 6.07) is 6.40. The molecular weight excluding hydrogens is 232 g/mol. The topological polar surface area (TPSA) is 110 Å². The van der Waals surface area contributed by atoms with Gasteiger partial charge in [-0.05, 0) is 24.3 Å². The fraction of sp³-hybridized carbons (Fsp3) is 0.333. The highest BCUT2D eigenvalue weighted by Crippen LogP contribution is 2.04. The van der Waals surface area contributed by atoms with Gasteiger partial charge >= 0.3 is 0 Å². The largest absolute Gasteiger partial charge is 0.351 e. The molecular formula is C12H18N4O2. The third kappa shape index (κ3) is 4.15. The van der Waals surface area contributed by atoms with E-state index >= 15 is 0 Å². The molecule has 0 aliphatic rings. The standard InChI is InChI=1S/C12H18N4O2/c13-5-7-15-11(17)9-1-2-10(4-3-9)12(18)16-8-6-14/h1-4H,5-8,13-14H2,(H,15,17)(H,16,18). The van der Waals surface area contributed by atoms with Crippen LogP contribution in [0.2, 0.25) is 0 Å². The van der Waals surface area contributed by atoms with E-state index < -0.39 is 0 Å². The number of carbonyl (C=O) groups excluding carboxylic acids is 2. The zero-order chi connectivity index (χ0) is 13.4. The fourth-order valence-electron chi connectivity index (χ4n) is 1.35. The van der Waals surface area contributed by atoms with Crippen LogP contribution in [0.3, 0.4) is 0 Å². The molecule has 0 saturated heterocycles. The maximum atomic E-state index is 11.6. The van der Waals surface area contributed by atoms with Crippen molar-refractivity contribution in [3.63, 3.8) is 0 Å². The monoisotopic (exact) mass is 250 g/mol. The number of amides is 2. The Labute approximate surface area is 106 Å². The lowest BCUT2D eigenvalue weighted by Crippen LogP contribution is -2.30. The van der Waals surface area contributed by atoms with Crippen molar-refractivity contribution in [1.82, 2.24) is 10.6 Å². The number of hydrogen-bond acceptors (Lipinski definition) is 4. The molecule has 1 rings (SSSR count).